The molecule has 4 heteroatoms. The standard InChI is InChI=1S/C21H21NO3/c1-20(2)16-7-5-6-8-17(16)22(3)21(20)10-9-15-11-14(13-23)12-18(24-4)19(15)25-21/h5-13H,1-4H3/t21-/m1/s1. The Bertz CT molecular complexity index is 900. The van der Waals surface area contributed by atoms with E-state index in [0.717, 1.165) is 17.5 Å². The average Bonchev–Trinajstić information content (AvgIpc) is 2.80. The van der Waals surface area contributed by atoms with Gasteiger partial charge in [0.1, 0.15) is 6.29 Å². The van der Waals surface area contributed by atoms with Crippen LogP contribution < -0.4 is 14.4 Å². The molecule has 2 aromatic carbocycles. The van der Waals surface area contributed by atoms with Gasteiger partial charge in [0.25, 0.3) is 0 Å². The van der Waals surface area contributed by atoms with Crippen molar-refractivity contribution in [3.63, 3.8) is 0 Å². The highest BCUT2D eigenvalue weighted by molar-refractivity contribution is 5.81. The van der Waals surface area contributed by atoms with Gasteiger partial charge >= 0.3 is 0 Å². The smallest absolute Gasteiger partial charge is 0.212 e. The first kappa shape index (κ1) is 15.8. The molecule has 4 nitrogen and oxygen atoms in total. The van der Waals surface area contributed by atoms with Crippen molar-refractivity contribution in [2.45, 2.75) is 25.0 Å². The Balaban J connectivity index is 1.90. The molecule has 0 saturated carbocycles. The van der Waals surface area contributed by atoms with Gasteiger partial charge in [0.15, 0.2) is 11.5 Å². The van der Waals surface area contributed by atoms with Crippen LogP contribution in [0.25, 0.3) is 6.08 Å². The van der Waals surface area contributed by atoms with E-state index >= 15 is 0 Å². The van der Waals surface area contributed by atoms with Crippen LogP contribution in [0, 0.1) is 0 Å². The molecule has 25 heavy (non-hydrogen) atoms. The molecule has 2 aliphatic heterocycles. The van der Waals surface area contributed by atoms with E-state index in [1.807, 2.05) is 18.2 Å². The third-order valence-electron chi connectivity index (χ3n) is 5.54. The number of hydrogen-bond acceptors (Lipinski definition) is 4. The van der Waals surface area contributed by atoms with Crippen molar-refractivity contribution in [3.05, 3.63) is 59.2 Å². The normalized spacial score (nSPS) is 22.3. The SMILES string of the molecule is COc1cc(C=O)cc2c1O[C@@]1(C=C2)N(C)c2ccccc2C1(C)C. The summed E-state index contributed by atoms with van der Waals surface area (Å²) < 4.78 is 12.1. The van der Waals surface area contributed by atoms with Crippen LogP contribution in [0.1, 0.15) is 35.3 Å². The zero-order valence-corrected chi connectivity index (χ0v) is 14.9. The summed E-state index contributed by atoms with van der Waals surface area (Å²) in [6.07, 6.45) is 4.93. The van der Waals surface area contributed by atoms with Gasteiger partial charge in [-0.1, -0.05) is 18.2 Å². The molecule has 0 amide bonds. The van der Waals surface area contributed by atoms with E-state index in [1.54, 1.807) is 13.2 Å². The lowest BCUT2D eigenvalue weighted by atomic mass is 9.76. The molecule has 128 valence electrons. The van der Waals surface area contributed by atoms with Gasteiger partial charge in [-0.05, 0) is 49.8 Å². The molecule has 0 saturated heterocycles. The lowest BCUT2D eigenvalue weighted by Crippen LogP contribution is -2.58. The first-order valence-electron chi connectivity index (χ1n) is 8.33. The molecule has 0 N–H and O–H groups in total. The second-order valence-electron chi connectivity index (χ2n) is 7.09. The van der Waals surface area contributed by atoms with Gasteiger partial charge < -0.3 is 14.4 Å². The maximum Gasteiger partial charge on any atom is 0.212 e. The Kier molecular flexibility index (Phi) is 3.23. The Morgan fingerprint density at radius 2 is 1.96 bits per heavy atom. The van der Waals surface area contributed by atoms with Crippen LogP contribution >= 0.6 is 0 Å². The number of ether oxygens (including phenoxy) is 2. The number of carbonyl (C=O) groups excluding carboxylic acids is 1. The number of hydrogen-bond donors (Lipinski definition) is 0. The fourth-order valence-electron chi connectivity index (χ4n) is 4.09. The van der Waals surface area contributed by atoms with Crippen LogP contribution in [0.3, 0.4) is 0 Å². The number of benzene rings is 2. The highest BCUT2D eigenvalue weighted by Gasteiger charge is 2.57. The molecule has 4 rings (SSSR count). The van der Waals surface area contributed by atoms with E-state index in [4.69, 9.17) is 9.47 Å². The number of methoxy groups -OCH3 is 1. The number of likely N-dealkylation sites (N-methyl/N-ethyl adjacent to an activating group) is 1. The van der Waals surface area contributed by atoms with Crippen LogP contribution in [0.2, 0.25) is 0 Å². The van der Waals surface area contributed by atoms with Crippen LogP contribution in [0.15, 0.2) is 42.5 Å². The van der Waals surface area contributed by atoms with Gasteiger partial charge in [-0.2, -0.15) is 0 Å². The van der Waals surface area contributed by atoms with Crippen LogP contribution in [-0.2, 0) is 5.41 Å². The molecule has 0 aliphatic carbocycles. The first-order valence-corrected chi connectivity index (χ1v) is 8.33. The predicted octanol–water partition coefficient (Wildman–Crippen LogP) is 4.04. The fourth-order valence-corrected chi connectivity index (χ4v) is 4.09. The van der Waals surface area contributed by atoms with Gasteiger partial charge in [-0.25, -0.2) is 0 Å². The van der Waals surface area contributed by atoms with Crippen molar-refractivity contribution in [1.82, 2.24) is 0 Å². The second kappa shape index (κ2) is 5.12. The molecular formula is C21H21NO3. The van der Waals surface area contributed by atoms with Gasteiger partial charge in [0, 0.05) is 23.9 Å². The van der Waals surface area contributed by atoms with Crippen molar-refractivity contribution < 1.29 is 14.3 Å². The van der Waals surface area contributed by atoms with Crippen molar-refractivity contribution in [2.24, 2.45) is 0 Å². The molecule has 1 spiro atoms. The number of carbonyl (C=O) groups is 1. The van der Waals surface area contributed by atoms with E-state index in [2.05, 4.69) is 50.1 Å². The number of aldehydes is 1. The third kappa shape index (κ3) is 1.91. The maximum atomic E-state index is 11.2. The summed E-state index contributed by atoms with van der Waals surface area (Å²) in [5.74, 6) is 1.24. The Morgan fingerprint density at radius 1 is 1.20 bits per heavy atom. The summed E-state index contributed by atoms with van der Waals surface area (Å²) >= 11 is 0. The topological polar surface area (TPSA) is 38.8 Å². The van der Waals surface area contributed by atoms with Crippen molar-refractivity contribution >= 4 is 18.0 Å². The zero-order valence-electron chi connectivity index (χ0n) is 14.9. The van der Waals surface area contributed by atoms with Crippen LogP contribution in [0.4, 0.5) is 5.69 Å². The van der Waals surface area contributed by atoms with E-state index in [9.17, 15) is 4.79 Å². The number of rotatable bonds is 2. The van der Waals surface area contributed by atoms with E-state index < -0.39 is 5.72 Å². The largest absolute Gasteiger partial charge is 0.493 e. The van der Waals surface area contributed by atoms with E-state index in [1.165, 1.54) is 5.56 Å². The summed E-state index contributed by atoms with van der Waals surface area (Å²) in [5, 5.41) is 0. The van der Waals surface area contributed by atoms with Crippen LogP contribution in [-0.4, -0.2) is 26.2 Å². The number of nitrogens with zero attached hydrogens (tertiary/aromatic N) is 1. The van der Waals surface area contributed by atoms with Crippen molar-refractivity contribution in [1.29, 1.82) is 0 Å². The summed E-state index contributed by atoms with van der Waals surface area (Å²) in [5.41, 5.74) is 2.91. The molecule has 0 radical (unpaired) electrons. The minimum atomic E-state index is -0.653. The van der Waals surface area contributed by atoms with Crippen molar-refractivity contribution in [2.75, 3.05) is 19.1 Å². The molecule has 1 atom stereocenters. The lowest BCUT2D eigenvalue weighted by Gasteiger charge is -2.46. The first-order chi connectivity index (χ1) is 11.9. The summed E-state index contributed by atoms with van der Waals surface area (Å²) in [6.45, 7) is 4.38. The fraction of sp³-hybridized carbons (Fsp3) is 0.286. The quantitative estimate of drug-likeness (QED) is 0.777. The van der Waals surface area contributed by atoms with Crippen LogP contribution in [0.5, 0.6) is 11.5 Å². The summed E-state index contributed by atoms with van der Waals surface area (Å²) in [7, 11) is 3.64. The Labute approximate surface area is 147 Å². The number of anilines is 1. The third-order valence-corrected chi connectivity index (χ3v) is 5.54. The van der Waals surface area contributed by atoms with Crippen molar-refractivity contribution in [3.8, 4) is 11.5 Å². The molecule has 0 fully saturated rings. The minimum Gasteiger partial charge on any atom is -0.493 e. The summed E-state index contributed by atoms with van der Waals surface area (Å²) in [4.78, 5) is 13.4. The maximum absolute atomic E-state index is 11.2. The molecule has 0 unspecified atom stereocenters. The van der Waals surface area contributed by atoms with E-state index in [0.29, 0.717) is 17.1 Å². The number of para-hydroxylation sites is 1. The highest BCUT2D eigenvalue weighted by atomic mass is 16.5. The number of fused-ring (bicyclic) bond motifs is 2. The average molecular weight is 335 g/mol. The Morgan fingerprint density at radius 3 is 2.64 bits per heavy atom. The Hall–Kier alpha value is -2.75. The van der Waals surface area contributed by atoms with Gasteiger partial charge in [0.05, 0.1) is 12.5 Å². The highest BCUT2D eigenvalue weighted by Crippen LogP contribution is 2.55. The molecule has 2 aromatic rings. The molecule has 0 bridgehead atoms. The minimum absolute atomic E-state index is 0.263. The predicted molar refractivity (Wildman–Crippen MR) is 98.6 cm³/mol. The monoisotopic (exact) mass is 335 g/mol. The molecule has 0 aromatic heterocycles. The van der Waals surface area contributed by atoms with Gasteiger partial charge in [-0.15, -0.1) is 0 Å². The van der Waals surface area contributed by atoms with E-state index in [-0.39, 0.29) is 5.41 Å². The van der Waals surface area contributed by atoms with Gasteiger partial charge in [-0.3, -0.25) is 4.79 Å². The molecule has 2 heterocycles. The second-order valence-corrected chi connectivity index (χ2v) is 7.09. The molecular weight excluding hydrogens is 314 g/mol. The lowest BCUT2D eigenvalue weighted by molar-refractivity contribution is 0.0552. The summed E-state index contributed by atoms with van der Waals surface area (Å²) in [6, 6.07) is 11.9. The van der Waals surface area contributed by atoms with Gasteiger partial charge in [0.2, 0.25) is 5.72 Å². The molecule has 2 aliphatic rings. The zero-order chi connectivity index (χ0) is 17.8.